The summed E-state index contributed by atoms with van der Waals surface area (Å²) in [7, 11) is 0. The summed E-state index contributed by atoms with van der Waals surface area (Å²) in [5.41, 5.74) is 6.11. The Hall–Kier alpha value is -1.16. The number of halogens is 2. The summed E-state index contributed by atoms with van der Waals surface area (Å²) in [5.74, 6) is -0.851. The van der Waals surface area contributed by atoms with Gasteiger partial charge in [-0.3, -0.25) is 0 Å². The van der Waals surface area contributed by atoms with Crippen LogP contribution < -0.4 is 10.6 Å². The zero-order valence-electron chi connectivity index (χ0n) is 11.7. The fraction of sp³-hybridized carbons (Fsp3) is 0.625. The third kappa shape index (κ3) is 2.30. The van der Waals surface area contributed by atoms with E-state index in [-0.39, 0.29) is 12.1 Å². The van der Waals surface area contributed by atoms with Gasteiger partial charge in [0.1, 0.15) is 0 Å². The second-order valence-corrected chi connectivity index (χ2v) is 6.02. The normalized spacial score (nSPS) is 26.4. The van der Waals surface area contributed by atoms with Gasteiger partial charge >= 0.3 is 0 Å². The van der Waals surface area contributed by atoms with E-state index in [0.29, 0.717) is 17.6 Å². The number of fused-ring (bicyclic) bond motifs is 1. The molecule has 0 amide bonds. The summed E-state index contributed by atoms with van der Waals surface area (Å²) in [5, 5.41) is 0. The fourth-order valence-corrected chi connectivity index (χ4v) is 3.88. The highest BCUT2D eigenvalue weighted by Gasteiger charge is 2.34. The average Bonchev–Trinajstić information content (AvgIpc) is 2.50. The minimum Gasteiger partial charge on any atom is -0.366 e. The molecule has 0 aromatic heterocycles. The molecule has 1 aromatic carbocycles. The molecule has 0 radical (unpaired) electrons. The quantitative estimate of drug-likeness (QED) is 0.897. The van der Waals surface area contributed by atoms with Crippen molar-refractivity contribution in [2.75, 3.05) is 11.4 Å². The van der Waals surface area contributed by atoms with Crippen molar-refractivity contribution in [3.8, 4) is 0 Å². The molecule has 110 valence electrons. The van der Waals surface area contributed by atoms with E-state index in [4.69, 9.17) is 5.73 Å². The zero-order valence-corrected chi connectivity index (χ0v) is 11.7. The molecular weight excluding hydrogens is 258 g/mol. The van der Waals surface area contributed by atoms with Crippen LogP contribution in [-0.2, 0) is 6.54 Å². The molecule has 4 heteroatoms. The van der Waals surface area contributed by atoms with Crippen molar-refractivity contribution < 1.29 is 8.78 Å². The van der Waals surface area contributed by atoms with Crippen LogP contribution in [0.1, 0.15) is 44.1 Å². The van der Waals surface area contributed by atoms with E-state index in [0.717, 1.165) is 19.4 Å². The number of benzene rings is 1. The Kier molecular flexibility index (Phi) is 3.92. The number of rotatable bonds is 2. The maximum Gasteiger partial charge on any atom is 0.182 e. The number of hydrogen-bond donors (Lipinski definition) is 1. The molecule has 20 heavy (non-hydrogen) atoms. The Bertz CT molecular complexity index is 488. The van der Waals surface area contributed by atoms with E-state index in [2.05, 4.69) is 4.90 Å². The summed E-state index contributed by atoms with van der Waals surface area (Å²) < 4.78 is 28.3. The Morgan fingerprint density at radius 1 is 1.05 bits per heavy atom. The fourth-order valence-electron chi connectivity index (χ4n) is 3.88. The molecule has 2 N–H and O–H groups in total. The molecule has 1 heterocycles. The van der Waals surface area contributed by atoms with Gasteiger partial charge in [-0.2, -0.15) is 0 Å². The maximum absolute atomic E-state index is 14.3. The molecule has 1 aliphatic heterocycles. The van der Waals surface area contributed by atoms with Crippen molar-refractivity contribution in [3.63, 3.8) is 0 Å². The summed E-state index contributed by atoms with van der Waals surface area (Å²) >= 11 is 0. The minimum atomic E-state index is -0.775. The number of nitrogens with two attached hydrogens (primary N) is 1. The molecule has 1 aliphatic carbocycles. The van der Waals surface area contributed by atoms with Crippen LogP contribution in [0, 0.1) is 17.6 Å². The van der Waals surface area contributed by atoms with Crippen LogP contribution in [0.4, 0.5) is 14.5 Å². The van der Waals surface area contributed by atoms with Crippen LogP contribution in [0.3, 0.4) is 0 Å². The van der Waals surface area contributed by atoms with Gasteiger partial charge in [-0.05, 0) is 37.7 Å². The van der Waals surface area contributed by atoms with Gasteiger partial charge in [0.2, 0.25) is 0 Å². The first-order valence-corrected chi connectivity index (χ1v) is 7.66. The van der Waals surface area contributed by atoms with Crippen LogP contribution in [0.2, 0.25) is 0 Å². The molecule has 1 saturated carbocycles. The van der Waals surface area contributed by atoms with Gasteiger partial charge in [0.05, 0.1) is 5.69 Å². The Morgan fingerprint density at radius 3 is 2.60 bits per heavy atom. The van der Waals surface area contributed by atoms with E-state index >= 15 is 0 Å². The summed E-state index contributed by atoms with van der Waals surface area (Å²) in [6, 6.07) is 3.72. The average molecular weight is 280 g/mol. The van der Waals surface area contributed by atoms with Crippen molar-refractivity contribution >= 4 is 5.69 Å². The van der Waals surface area contributed by atoms with Gasteiger partial charge in [0.15, 0.2) is 11.6 Å². The van der Waals surface area contributed by atoms with E-state index < -0.39 is 11.6 Å². The maximum atomic E-state index is 14.3. The third-order valence-electron chi connectivity index (χ3n) is 4.91. The van der Waals surface area contributed by atoms with Crippen molar-refractivity contribution in [2.24, 2.45) is 11.7 Å². The summed E-state index contributed by atoms with van der Waals surface area (Å²) in [6.45, 7) is 0.870. The minimum absolute atomic E-state index is 0.0368. The predicted molar refractivity (Wildman–Crippen MR) is 76.6 cm³/mol. The zero-order chi connectivity index (χ0) is 14.1. The topological polar surface area (TPSA) is 29.3 Å². The lowest BCUT2D eigenvalue weighted by atomic mass is 9.78. The van der Waals surface area contributed by atoms with Crippen molar-refractivity contribution in [1.82, 2.24) is 0 Å². The molecular formula is C16H22F2N2. The first kappa shape index (κ1) is 13.8. The molecule has 3 rings (SSSR count). The third-order valence-corrected chi connectivity index (χ3v) is 4.91. The highest BCUT2D eigenvalue weighted by molar-refractivity contribution is 5.51. The van der Waals surface area contributed by atoms with E-state index in [1.165, 1.54) is 25.7 Å². The highest BCUT2D eigenvalue weighted by Crippen LogP contribution is 2.39. The standard InChI is InChI=1S/C16H22F2N2/c17-15-12(10-19)7-8-14(16(15)18)20-9-3-5-11-4-1-2-6-13(11)20/h7-8,11,13H,1-6,9-10,19H2/t11-,13-/m1/s1. The Morgan fingerprint density at radius 2 is 1.80 bits per heavy atom. The lowest BCUT2D eigenvalue weighted by molar-refractivity contribution is 0.242. The number of piperidine rings is 1. The first-order chi connectivity index (χ1) is 9.72. The van der Waals surface area contributed by atoms with Crippen molar-refractivity contribution in [1.29, 1.82) is 0 Å². The highest BCUT2D eigenvalue weighted by atomic mass is 19.2. The Labute approximate surface area is 118 Å². The SMILES string of the molecule is NCc1ccc(N2CCC[C@H]3CCCC[C@H]32)c(F)c1F. The van der Waals surface area contributed by atoms with E-state index in [1.807, 2.05) is 0 Å². The summed E-state index contributed by atoms with van der Waals surface area (Å²) in [4.78, 5) is 2.10. The van der Waals surface area contributed by atoms with E-state index in [1.54, 1.807) is 12.1 Å². The van der Waals surface area contributed by atoms with Crippen molar-refractivity contribution in [3.05, 3.63) is 29.3 Å². The van der Waals surface area contributed by atoms with Crippen LogP contribution in [0.5, 0.6) is 0 Å². The van der Waals surface area contributed by atoms with Crippen LogP contribution in [0.25, 0.3) is 0 Å². The molecule has 0 bridgehead atoms. The second-order valence-electron chi connectivity index (χ2n) is 6.02. The van der Waals surface area contributed by atoms with Gasteiger partial charge in [-0.25, -0.2) is 8.78 Å². The smallest absolute Gasteiger partial charge is 0.182 e. The predicted octanol–water partition coefficient (Wildman–Crippen LogP) is 3.58. The van der Waals surface area contributed by atoms with Crippen LogP contribution >= 0.6 is 0 Å². The van der Waals surface area contributed by atoms with Crippen LogP contribution in [-0.4, -0.2) is 12.6 Å². The number of anilines is 1. The van der Waals surface area contributed by atoms with Gasteiger partial charge in [0.25, 0.3) is 0 Å². The lowest BCUT2D eigenvalue weighted by Gasteiger charge is -2.45. The van der Waals surface area contributed by atoms with E-state index in [9.17, 15) is 8.78 Å². The number of hydrogen-bond acceptors (Lipinski definition) is 2. The molecule has 0 unspecified atom stereocenters. The second kappa shape index (κ2) is 5.68. The van der Waals surface area contributed by atoms with Gasteiger partial charge in [-0.1, -0.05) is 18.9 Å². The molecule has 2 fully saturated rings. The molecule has 2 nitrogen and oxygen atoms in total. The molecule has 1 aromatic rings. The largest absolute Gasteiger partial charge is 0.366 e. The first-order valence-electron chi connectivity index (χ1n) is 7.66. The van der Waals surface area contributed by atoms with Gasteiger partial charge in [-0.15, -0.1) is 0 Å². The van der Waals surface area contributed by atoms with Gasteiger partial charge in [0, 0.05) is 24.7 Å². The molecule has 2 aliphatic rings. The monoisotopic (exact) mass is 280 g/mol. The van der Waals surface area contributed by atoms with Crippen LogP contribution in [0.15, 0.2) is 12.1 Å². The van der Waals surface area contributed by atoms with Crippen molar-refractivity contribution in [2.45, 2.75) is 51.1 Å². The van der Waals surface area contributed by atoms with Gasteiger partial charge < -0.3 is 10.6 Å². The summed E-state index contributed by atoms with van der Waals surface area (Å²) in [6.07, 6.45) is 7.10. The number of nitrogens with zero attached hydrogens (tertiary/aromatic N) is 1. The molecule has 2 atom stereocenters. The Balaban J connectivity index is 1.93. The molecule has 0 spiro atoms. The molecule has 1 saturated heterocycles. The lowest BCUT2D eigenvalue weighted by Crippen LogP contribution is -2.47.